The third-order valence-electron chi connectivity index (χ3n) is 2.63. The first-order chi connectivity index (χ1) is 7.09. The van der Waals surface area contributed by atoms with E-state index in [-0.39, 0.29) is 0 Å². The van der Waals surface area contributed by atoms with Gasteiger partial charge in [-0.2, -0.15) is 0 Å². The van der Waals surface area contributed by atoms with Gasteiger partial charge in [0.25, 0.3) is 0 Å². The fraction of sp³-hybridized carbons (Fsp3) is 0.333. The van der Waals surface area contributed by atoms with Crippen molar-refractivity contribution in [3.05, 3.63) is 29.5 Å². The van der Waals surface area contributed by atoms with Gasteiger partial charge in [0.2, 0.25) is 0 Å². The smallest absolute Gasteiger partial charge is 0.125 e. The molecule has 0 fully saturated rings. The number of aromatic amines is 1. The minimum atomic E-state index is 0.402. The molecule has 1 aromatic carbocycles. The largest absolute Gasteiger partial charge is 0.507 e. The van der Waals surface area contributed by atoms with Crippen LogP contribution in [0.15, 0.2) is 18.3 Å². The van der Waals surface area contributed by atoms with Crippen LogP contribution in [0.5, 0.6) is 5.75 Å². The highest BCUT2D eigenvalue weighted by molar-refractivity contribution is 5.85. The number of hydrogen-bond donors (Lipinski definition) is 2. The highest BCUT2D eigenvalue weighted by Gasteiger charge is 2.10. The van der Waals surface area contributed by atoms with Crippen molar-refractivity contribution in [2.75, 3.05) is 14.1 Å². The molecule has 80 valence electrons. The first kappa shape index (κ1) is 10.1. The normalized spacial score (nSPS) is 11.5. The van der Waals surface area contributed by atoms with Gasteiger partial charge in [0.1, 0.15) is 5.75 Å². The molecule has 0 unspecified atom stereocenters. The predicted molar refractivity (Wildman–Crippen MR) is 62.1 cm³/mol. The van der Waals surface area contributed by atoms with Crippen LogP contribution in [0.2, 0.25) is 0 Å². The number of benzene rings is 1. The van der Waals surface area contributed by atoms with Crippen LogP contribution in [0.4, 0.5) is 0 Å². The Bertz CT molecular complexity index is 486. The van der Waals surface area contributed by atoms with Crippen molar-refractivity contribution in [3.8, 4) is 5.75 Å². The van der Waals surface area contributed by atoms with Crippen LogP contribution in [0, 0.1) is 6.92 Å². The van der Waals surface area contributed by atoms with Crippen LogP contribution in [0.25, 0.3) is 10.9 Å². The maximum atomic E-state index is 10.0. The second-order valence-corrected chi connectivity index (χ2v) is 4.19. The van der Waals surface area contributed by atoms with Crippen LogP contribution in [-0.2, 0) is 6.54 Å². The Morgan fingerprint density at radius 3 is 2.80 bits per heavy atom. The molecule has 0 bridgehead atoms. The minimum Gasteiger partial charge on any atom is -0.507 e. The summed E-state index contributed by atoms with van der Waals surface area (Å²) in [7, 11) is 3.99. The van der Waals surface area contributed by atoms with Crippen molar-refractivity contribution in [3.63, 3.8) is 0 Å². The second-order valence-electron chi connectivity index (χ2n) is 4.19. The summed E-state index contributed by atoms with van der Waals surface area (Å²) in [6.07, 6.45) is 1.90. The molecule has 0 saturated carbocycles. The predicted octanol–water partition coefficient (Wildman–Crippen LogP) is 2.24. The summed E-state index contributed by atoms with van der Waals surface area (Å²) < 4.78 is 0. The molecule has 0 amide bonds. The van der Waals surface area contributed by atoms with Gasteiger partial charge in [-0.25, -0.2) is 0 Å². The fourth-order valence-corrected chi connectivity index (χ4v) is 1.90. The SMILES string of the molecule is Cc1c(O)c(CN(C)C)cc2cc[nH]c12. The van der Waals surface area contributed by atoms with Crippen LogP contribution in [-0.4, -0.2) is 29.1 Å². The third-order valence-corrected chi connectivity index (χ3v) is 2.63. The number of fused-ring (bicyclic) bond motifs is 1. The van der Waals surface area contributed by atoms with Crippen molar-refractivity contribution in [1.82, 2.24) is 9.88 Å². The van der Waals surface area contributed by atoms with E-state index in [1.54, 1.807) is 0 Å². The lowest BCUT2D eigenvalue weighted by molar-refractivity contribution is 0.385. The molecule has 0 aliphatic heterocycles. The zero-order valence-corrected chi connectivity index (χ0v) is 9.33. The van der Waals surface area contributed by atoms with Crippen molar-refractivity contribution in [2.24, 2.45) is 0 Å². The third kappa shape index (κ3) is 1.70. The summed E-state index contributed by atoms with van der Waals surface area (Å²) in [4.78, 5) is 5.18. The molecule has 3 heteroatoms. The lowest BCUT2D eigenvalue weighted by Crippen LogP contribution is -2.11. The molecule has 2 rings (SSSR count). The minimum absolute atomic E-state index is 0.402. The van der Waals surface area contributed by atoms with Gasteiger partial charge in [0.05, 0.1) is 5.52 Å². The molecular weight excluding hydrogens is 188 g/mol. The van der Waals surface area contributed by atoms with E-state index in [9.17, 15) is 5.11 Å². The van der Waals surface area contributed by atoms with E-state index in [0.29, 0.717) is 5.75 Å². The van der Waals surface area contributed by atoms with Gasteiger partial charge < -0.3 is 15.0 Å². The van der Waals surface area contributed by atoms with Gasteiger partial charge >= 0.3 is 0 Å². The molecule has 0 atom stereocenters. The van der Waals surface area contributed by atoms with E-state index in [1.807, 2.05) is 44.2 Å². The highest BCUT2D eigenvalue weighted by Crippen LogP contribution is 2.30. The Morgan fingerprint density at radius 2 is 2.13 bits per heavy atom. The number of nitrogens with one attached hydrogen (secondary N) is 1. The lowest BCUT2D eigenvalue weighted by atomic mass is 10.1. The Labute approximate surface area is 89.3 Å². The van der Waals surface area contributed by atoms with E-state index in [2.05, 4.69) is 4.98 Å². The summed E-state index contributed by atoms with van der Waals surface area (Å²) in [6.45, 7) is 2.70. The standard InChI is InChI=1S/C12H16N2O/c1-8-11-9(4-5-13-11)6-10(12(8)15)7-14(2)3/h4-6,13,15H,7H2,1-3H3. The van der Waals surface area contributed by atoms with Crippen molar-refractivity contribution >= 4 is 10.9 Å². The molecular formula is C12H16N2O. The molecule has 15 heavy (non-hydrogen) atoms. The van der Waals surface area contributed by atoms with E-state index < -0.39 is 0 Å². The van der Waals surface area contributed by atoms with Gasteiger partial charge in [-0.3, -0.25) is 0 Å². The maximum Gasteiger partial charge on any atom is 0.125 e. The average Bonchev–Trinajstić information content (AvgIpc) is 2.61. The zero-order chi connectivity index (χ0) is 11.0. The average molecular weight is 204 g/mol. The number of aromatic nitrogens is 1. The molecule has 2 aromatic rings. The van der Waals surface area contributed by atoms with Crippen molar-refractivity contribution in [2.45, 2.75) is 13.5 Å². The molecule has 1 aromatic heterocycles. The van der Waals surface area contributed by atoms with Crippen LogP contribution >= 0.6 is 0 Å². The summed E-state index contributed by atoms with van der Waals surface area (Å²) >= 11 is 0. The van der Waals surface area contributed by atoms with Crippen molar-refractivity contribution < 1.29 is 5.11 Å². The Balaban J connectivity index is 2.59. The quantitative estimate of drug-likeness (QED) is 0.787. The first-order valence-corrected chi connectivity index (χ1v) is 5.03. The topological polar surface area (TPSA) is 39.3 Å². The molecule has 0 spiro atoms. The number of H-pyrrole nitrogens is 1. The molecule has 0 aliphatic rings. The number of phenols is 1. The number of aryl methyl sites for hydroxylation is 1. The van der Waals surface area contributed by atoms with E-state index >= 15 is 0 Å². The maximum absolute atomic E-state index is 10.0. The molecule has 0 radical (unpaired) electrons. The number of rotatable bonds is 2. The monoisotopic (exact) mass is 204 g/mol. The summed E-state index contributed by atoms with van der Waals surface area (Å²) in [6, 6.07) is 4.06. The molecule has 3 nitrogen and oxygen atoms in total. The van der Waals surface area contributed by atoms with Gasteiger partial charge in [-0.1, -0.05) is 0 Å². The van der Waals surface area contributed by atoms with Gasteiger partial charge in [0, 0.05) is 29.3 Å². The first-order valence-electron chi connectivity index (χ1n) is 5.03. The second kappa shape index (κ2) is 3.59. The van der Waals surface area contributed by atoms with Crippen LogP contribution < -0.4 is 0 Å². The highest BCUT2D eigenvalue weighted by atomic mass is 16.3. The van der Waals surface area contributed by atoms with Crippen LogP contribution in [0.3, 0.4) is 0 Å². The molecule has 1 heterocycles. The summed E-state index contributed by atoms with van der Waals surface area (Å²) in [5, 5.41) is 11.2. The fourth-order valence-electron chi connectivity index (χ4n) is 1.90. The molecule has 0 saturated heterocycles. The number of aromatic hydroxyl groups is 1. The zero-order valence-electron chi connectivity index (χ0n) is 9.33. The van der Waals surface area contributed by atoms with E-state index in [4.69, 9.17) is 0 Å². The van der Waals surface area contributed by atoms with Gasteiger partial charge in [-0.05, 0) is 33.2 Å². The van der Waals surface area contributed by atoms with Crippen molar-refractivity contribution in [1.29, 1.82) is 0 Å². The van der Waals surface area contributed by atoms with E-state index in [0.717, 1.165) is 28.6 Å². The summed E-state index contributed by atoms with van der Waals surface area (Å²) in [5.41, 5.74) is 2.92. The lowest BCUT2D eigenvalue weighted by Gasteiger charge is -2.13. The number of nitrogens with zero attached hydrogens (tertiary/aromatic N) is 1. The Morgan fingerprint density at radius 1 is 1.40 bits per heavy atom. The van der Waals surface area contributed by atoms with Gasteiger partial charge in [-0.15, -0.1) is 0 Å². The Hall–Kier alpha value is -1.48. The van der Waals surface area contributed by atoms with E-state index in [1.165, 1.54) is 0 Å². The van der Waals surface area contributed by atoms with Crippen LogP contribution in [0.1, 0.15) is 11.1 Å². The molecule has 0 aliphatic carbocycles. The number of hydrogen-bond acceptors (Lipinski definition) is 2. The molecule has 2 N–H and O–H groups in total. The number of phenolic OH excluding ortho intramolecular Hbond substituents is 1. The Kier molecular flexibility index (Phi) is 2.40. The summed E-state index contributed by atoms with van der Waals surface area (Å²) in [5.74, 6) is 0.402. The van der Waals surface area contributed by atoms with Gasteiger partial charge in [0.15, 0.2) is 0 Å².